The third-order valence-corrected chi connectivity index (χ3v) is 5.78. The van der Waals surface area contributed by atoms with Crippen molar-refractivity contribution in [2.24, 2.45) is 4.99 Å². The van der Waals surface area contributed by atoms with Gasteiger partial charge in [-0.1, -0.05) is 6.07 Å². The number of aryl methyl sites for hydroxylation is 1. The van der Waals surface area contributed by atoms with Crippen molar-refractivity contribution >= 4 is 16.6 Å². The van der Waals surface area contributed by atoms with E-state index in [2.05, 4.69) is 20.1 Å². The van der Waals surface area contributed by atoms with E-state index in [1.807, 2.05) is 0 Å². The van der Waals surface area contributed by atoms with E-state index in [-0.39, 0.29) is 42.1 Å². The number of ether oxygens (including phenoxy) is 1. The van der Waals surface area contributed by atoms with E-state index in [0.29, 0.717) is 21.5 Å². The molecule has 0 amide bonds. The molecule has 0 saturated carbocycles. The number of piperidine rings is 1. The molecule has 1 fully saturated rings. The molecule has 3 aromatic heterocycles. The Morgan fingerprint density at radius 2 is 2.26 bits per heavy atom. The number of rotatable bonds is 5. The van der Waals surface area contributed by atoms with Crippen LogP contribution in [-0.4, -0.2) is 74.9 Å². The van der Waals surface area contributed by atoms with Crippen LogP contribution < -0.4 is 10.4 Å². The van der Waals surface area contributed by atoms with Gasteiger partial charge < -0.3 is 14.2 Å². The number of benzene rings is 1. The molecule has 12 heteroatoms. The molecule has 4 aromatic rings. The number of likely N-dealkylation sites (tertiary alicyclic amines) is 1. The average molecular weight is 481 g/mol. The molecule has 1 saturated heterocycles. The zero-order valence-electron chi connectivity index (χ0n) is 22.0. The van der Waals surface area contributed by atoms with Crippen molar-refractivity contribution < 1.29 is 27.8 Å². The molecule has 1 atom stereocenters. The molecule has 8 nitrogen and oxygen atoms in total. The molecular formula is C22H23F4N7O. The number of methoxy groups -OCH3 is 1. The van der Waals surface area contributed by atoms with Crippen LogP contribution in [0.15, 0.2) is 35.7 Å². The molecule has 0 unspecified atom stereocenters. The summed E-state index contributed by atoms with van der Waals surface area (Å²) < 4.78 is 96.4. The van der Waals surface area contributed by atoms with Crippen molar-refractivity contribution in [1.29, 1.82) is 0 Å². The predicted octanol–water partition coefficient (Wildman–Crippen LogP) is 3.04. The summed E-state index contributed by atoms with van der Waals surface area (Å²) >= 11 is 0. The molecular weight excluding hydrogens is 454 g/mol. The summed E-state index contributed by atoms with van der Waals surface area (Å²) in [6.07, 6.45) is 0.598. The fraction of sp³-hybridized carbons (Fsp3) is 0.409. The van der Waals surface area contributed by atoms with Crippen LogP contribution >= 0.6 is 0 Å². The molecule has 4 heterocycles. The summed E-state index contributed by atoms with van der Waals surface area (Å²) in [6.45, 7) is -4.37. The number of nitrogens with zero attached hydrogens (tertiary/aromatic N) is 6. The van der Waals surface area contributed by atoms with E-state index in [1.54, 1.807) is 22.8 Å². The SMILES string of the molecule is [2H]c1c(F)c(-c2ccc3ncn(CCF)c3c2)c2c(OC)nc(=N[C@@H]3CCN(C([2H])([2H])[2H])CC3(F)F)[nH]n12. The Labute approximate surface area is 197 Å². The number of imidazole rings is 1. The molecule has 0 bridgehead atoms. The summed E-state index contributed by atoms with van der Waals surface area (Å²) in [5.74, 6) is -4.57. The van der Waals surface area contributed by atoms with Gasteiger partial charge in [-0.3, -0.25) is 9.61 Å². The summed E-state index contributed by atoms with van der Waals surface area (Å²) in [7, 11) is 1.26. The molecule has 5 rings (SSSR count). The minimum atomic E-state index is -3.47. The Kier molecular flexibility index (Phi) is 4.45. The molecule has 1 N–H and O–H groups in total. The van der Waals surface area contributed by atoms with Crippen molar-refractivity contribution in [1.82, 2.24) is 29.0 Å². The molecule has 1 aromatic carbocycles. The minimum Gasteiger partial charge on any atom is -0.479 e. The largest absolute Gasteiger partial charge is 0.479 e. The van der Waals surface area contributed by atoms with E-state index < -0.39 is 44.1 Å². The first kappa shape index (κ1) is 18.0. The number of H-pyrrole nitrogens is 1. The minimum absolute atomic E-state index is 0.0339. The summed E-state index contributed by atoms with van der Waals surface area (Å²) in [4.78, 5) is 13.0. The Hall–Kier alpha value is -3.41. The third kappa shape index (κ3) is 3.81. The lowest BCUT2D eigenvalue weighted by Gasteiger charge is -2.33. The normalized spacial score (nSPS) is 21.4. The highest BCUT2D eigenvalue weighted by Crippen LogP contribution is 2.34. The molecule has 1 aliphatic rings. The molecule has 180 valence electrons. The van der Waals surface area contributed by atoms with Gasteiger partial charge in [-0.05, 0) is 31.1 Å². The standard InChI is InChI=1S/C22H23F4N7O/c1-31-7-5-17(22(25,26)11-31)28-21-29-20(34-2)19-18(14(24)10-33(19)30-21)13-3-4-15-16(9-13)32(8-6-23)12-27-15/h3-4,9-10,12,17H,5-8,11H2,1-2H3,(H,28,30)/t17-/m1/s1/i1D3,10D. The van der Waals surface area contributed by atoms with E-state index in [0.717, 1.165) is 4.52 Å². The zero-order valence-corrected chi connectivity index (χ0v) is 18.0. The number of aromatic nitrogens is 5. The lowest BCUT2D eigenvalue weighted by Crippen LogP contribution is -2.50. The highest BCUT2D eigenvalue weighted by atomic mass is 19.3. The first-order chi connectivity index (χ1) is 17.9. The number of halogens is 4. The maximum absolute atomic E-state index is 15.5. The van der Waals surface area contributed by atoms with E-state index in [4.69, 9.17) is 10.2 Å². The van der Waals surface area contributed by atoms with Gasteiger partial charge in [-0.15, -0.1) is 0 Å². The average Bonchev–Trinajstić information content (AvgIpc) is 3.37. The van der Waals surface area contributed by atoms with Crippen molar-refractivity contribution in [2.45, 2.75) is 24.9 Å². The van der Waals surface area contributed by atoms with Crippen molar-refractivity contribution in [3.63, 3.8) is 0 Å². The van der Waals surface area contributed by atoms with Gasteiger partial charge in [-0.2, -0.15) is 4.98 Å². The van der Waals surface area contributed by atoms with Gasteiger partial charge in [0.2, 0.25) is 11.5 Å². The van der Waals surface area contributed by atoms with Crippen LogP contribution in [0.1, 0.15) is 11.9 Å². The fourth-order valence-electron chi connectivity index (χ4n) is 4.17. The summed E-state index contributed by atoms with van der Waals surface area (Å²) in [5, 5.41) is 2.60. The van der Waals surface area contributed by atoms with E-state index in [1.165, 1.54) is 13.4 Å². The van der Waals surface area contributed by atoms with E-state index >= 15 is 4.39 Å². The number of hydrogen-bond donors (Lipinski definition) is 1. The van der Waals surface area contributed by atoms with Gasteiger partial charge >= 0.3 is 0 Å². The maximum atomic E-state index is 15.5. The van der Waals surface area contributed by atoms with Crippen LogP contribution in [0.4, 0.5) is 17.6 Å². The van der Waals surface area contributed by atoms with Crippen LogP contribution in [0, 0.1) is 5.82 Å². The Morgan fingerprint density at radius 3 is 3.00 bits per heavy atom. The van der Waals surface area contributed by atoms with Gasteiger partial charge in [0.1, 0.15) is 18.2 Å². The highest BCUT2D eigenvalue weighted by Gasteiger charge is 2.43. The Morgan fingerprint density at radius 1 is 1.41 bits per heavy atom. The summed E-state index contributed by atoms with van der Waals surface area (Å²) in [5.41, 5.74) is 1.13. The molecule has 0 spiro atoms. The second kappa shape index (κ2) is 8.42. The molecule has 34 heavy (non-hydrogen) atoms. The van der Waals surface area contributed by atoms with Crippen LogP contribution in [0.2, 0.25) is 0 Å². The fourth-order valence-corrected chi connectivity index (χ4v) is 4.17. The smallest absolute Gasteiger partial charge is 0.282 e. The topological polar surface area (TPSA) is 75.7 Å². The lowest BCUT2D eigenvalue weighted by atomic mass is 10.0. The van der Waals surface area contributed by atoms with Gasteiger partial charge in [0.05, 0.1) is 50.7 Å². The Balaban J connectivity index is 1.62. The molecule has 1 aliphatic heterocycles. The second-order valence-electron chi connectivity index (χ2n) is 7.99. The number of aromatic amines is 1. The molecule has 0 radical (unpaired) electrons. The number of fused-ring (bicyclic) bond motifs is 2. The van der Waals surface area contributed by atoms with E-state index in [9.17, 15) is 13.2 Å². The maximum Gasteiger partial charge on any atom is 0.282 e. The summed E-state index contributed by atoms with van der Waals surface area (Å²) in [6, 6.07) is 3.23. The number of nitrogens with one attached hydrogen (secondary N) is 1. The molecule has 0 aliphatic carbocycles. The van der Waals surface area contributed by atoms with Crippen LogP contribution in [-0.2, 0) is 6.54 Å². The van der Waals surface area contributed by atoms with Crippen LogP contribution in [0.5, 0.6) is 5.88 Å². The third-order valence-electron chi connectivity index (χ3n) is 5.78. The van der Waals surface area contributed by atoms with Crippen molar-refractivity contribution in [2.75, 3.05) is 33.8 Å². The number of alkyl halides is 3. The van der Waals surface area contributed by atoms with Crippen molar-refractivity contribution in [3.05, 3.63) is 42.1 Å². The van der Waals surface area contributed by atoms with Crippen LogP contribution in [0.3, 0.4) is 0 Å². The highest BCUT2D eigenvalue weighted by molar-refractivity contribution is 5.89. The zero-order chi connectivity index (χ0) is 27.4. The Bertz CT molecular complexity index is 1580. The van der Waals surface area contributed by atoms with Gasteiger partial charge in [-0.25, -0.2) is 27.5 Å². The van der Waals surface area contributed by atoms with Gasteiger partial charge in [0.15, 0.2) is 5.82 Å². The van der Waals surface area contributed by atoms with Gasteiger partial charge in [0.25, 0.3) is 5.92 Å². The van der Waals surface area contributed by atoms with Crippen molar-refractivity contribution in [3.8, 4) is 17.0 Å². The number of hydrogen-bond acceptors (Lipinski definition) is 5. The lowest BCUT2D eigenvalue weighted by molar-refractivity contribution is -0.0738. The first-order valence-corrected chi connectivity index (χ1v) is 10.5. The predicted molar refractivity (Wildman–Crippen MR) is 117 cm³/mol. The van der Waals surface area contributed by atoms with Gasteiger partial charge in [0, 0.05) is 10.7 Å². The first-order valence-electron chi connectivity index (χ1n) is 12.5. The quantitative estimate of drug-likeness (QED) is 0.445. The van der Waals surface area contributed by atoms with Crippen LogP contribution in [0.25, 0.3) is 27.7 Å². The monoisotopic (exact) mass is 481 g/mol. The second-order valence-corrected chi connectivity index (χ2v) is 7.99.